The van der Waals surface area contributed by atoms with E-state index in [2.05, 4.69) is 18.2 Å². The van der Waals surface area contributed by atoms with Crippen LogP contribution in [0, 0.1) is 25.5 Å². The van der Waals surface area contributed by atoms with Gasteiger partial charge in [0.15, 0.2) is 15.0 Å². The van der Waals surface area contributed by atoms with Crippen molar-refractivity contribution in [3.63, 3.8) is 0 Å². The minimum Gasteiger partial charge on any atom is -0.348 e. The number of nitrogens with zero attached hydrogens (tertiary/aromatic N) is 2. The van der Waals surface area contributed by atoms with Crippen LogP contribution in [0.15, 0.2) is 46.7 Å². The average molecular weight is 449 g/mol. The lowest BCUT2D eigenvalue weighted by molar-refractivity contribution is 0.497. The largest absolute Gasteiger partial charge is 0.348 e. The van der Waals surface area contributed by atoms with Crippen LogP contribution in [-0.4, -0.2) is 31.7 Å². The molecule has 4 nitrogen and oxygen atoms in total. The topological polar surface area (TPSA) is 50.3 Å². The van der Waals surface area contributed by atoms with E-state index in [1.165, 1.54) is 28.5 Å². The van der Waals surface area contributed by atoms with E-state index < -0.39 is 31.6 Å². The highest BCUT2D eigenvalue weighted by atomic mass is 32.2. The molecule has 158 valence electrons. The Bertz CT molecular complexity index is 1140. The molecule has 0 aliphatic carbocycles. The molecule has 0 amide bonds. The number of halogens is 2. The molecule has 0 atom stereocenters. The van der Waals surface area contributed by atoms with Crippen LogP contribution in [-0.2, 0) is 9.84 Å². The number of benzene rings is 2. The molecule has 4 rings (SSSR count). The molecule has 1 saturated heterocycles. The lowest BCUT2D eigenvalue weighted by atomic mass is 10.1. The van der Waals surface area contributed by atoms with Crippen molar-refractivity contribution in [3.8, 4) is 11.3 Å². The third kappa shape index (κ3) is 3.98. The van der Waals surface area contributed by atoms with Gasteiger partial charge >= 0.3 is 0 Å². The standard InChI is InChI=1S/C22H22F2N2O2S2/c1-14-10-15(2)12-16(11-14)20-13-29-22(25-20)26-8-6-17(7-9-26)30(27,28)21-18(23)4-3-5-19(21)24/h3-5,10-13,17H,6-9H2,1-2H3. The van der Waals surface area contributed by atoms with E-state index in [0.717, 1.165) is 28.5 Å². The highest BCUT2D eigenvalue weighted by molar-refractivity contribution is 7.92. The number of piperidine rings is 1. The fourth-order valence-corrected chi connectivity index (χ4v) is 6.68. The summed E-state index contributed by atoms with van der Waals surface area (Å²) >= 11 is 1.52. The molecule has 3 aromatic rings. The SMILES string of the molecule is Cc1cc(C)cc(-c2csc(N3CCC(S(=O)(=O)c4c(F)cccc4F)CC3)n2)c1. The summed E-state index contributed by atoms with van der Waals surface area (Å²) in [7, 11) is -4.07. The maximum absolute atomic E-state index is 14.0. The quantitative estimate of drug-likeness (QED) is 0.554. The number of rotatable bonds is 4. The van der Waals surface area contributed by atoms with Crippen LogP contribution in [0.4, 0.5) is 13.9 Å². The van der Waals surface area contributed by atoms with E-state index in [4.69, 9.17) is 4.98 Å². The van der Waals surface area contributed by atoms with Gasteiger partial charge in [-0.25, -0.2) is 22.2 Å². The maximum atomic E-state index is 14.0. The van der Waals surface area contributed by atoms with Crippen molar-refractivity contribution in [2.75, 3.05) is 18.0 Å². The second-order valence-corrected chi connectivity index (χ2v) is 10.7. The van der Waals surface area contributed by atoms with Crippen molar-refractivity contribution in [1.82, 2.24) is 4.98 Å². The van der Waals surface area contributed by atoms with Crippen molar-refractivity contribution < 1.29 is 17.2 Å². The lowest BCUT2D eigenvalue weighted by Crippen LogP contribution is -2.39. The van der Waals surface area contributed by atoms with Crippen molar-refractivity contribution in [2.45, 2.75) is 36.8 Å². The van der Waals surface area contributed by atoms with Gasteiger partial charge in [-0.2, -0.15) is 0 Å². The summed E-state index contributed by atoms with van der Waals surface area (Å²) in [5, 5.41) is 2.03. The van der Waals surface area contributed by atoms with E-state index >= 15 is 0 Å². The van der Waals surface area contributed by atoms with Gasteiger partial charge in [-0.1, -0.05) is 23.3 Å². The number of hydrogen-bond donors (Lipinski definition) is 0. The van der Waals surface area contributed by atoms with Gasteiger partial charge in [0.1, 0.15) is 16.5 Å². The summed E-state index contributed by atoms with van der Waals surface area (Å²) in [6.45, 7) is 5.04. The molecule has 0 saturated carbocycles. The molecule has 0 unspecified atom stereocenters. The molecule has 30 heavy (non-hydrogen) atoms. The third-order valence-corrected chi connectivity index (χ3v) is 8.57. The van der Waals surface area contributed by atoms with Gasteiger partial charge in [-0.05, 0) is 51.0 Å². The monoisotopic (exact) mass is 448 g/mol. The molecule has 8 heteroatoms. The average Bonchev–Trinajstić information content (AvgIpc) is 3.17. The summed E-state index contributed by atoms with van der Waals surface area (Å²) in [6, 6.07) is 9.42. The molecule has 1 aliphatic rings. The van der Waals surface area contributed by atoms with E-state index in [1.807, 2.05) is 24.1 Å². The van der Waals surface area contributed by atoms with E-state index in [-0.39, 0.29) is 0 Å². The molecule has 0 radical (unpaired) electrons. The van der Waals surface area contributed by atoms with Crippen LogP contribution in [0.3, 0.4) is 0 Å². The fraction of sp³-hybridized carbons (Fsp3) is 0.318. The summed E-state index contributed by atoms with van der Waals surface area (Å²) in [6.07, 6.45) is 0.600. The van der Waals surface area contributed by atoms with Crippen LogP contribution in [0.2, 0.25) is 0 Å². The summed E-state index contributed by atoms with van der Waals surface area (Å²) < 4.78 is 53.7. The second kappa shape index (κ2) is 8.07. The van der Waals surface area contributed by atoms with Gasteiger partial charge < -0.3 is 4.90 Å². The van der Waals surface area contributed by atoms with Crippen molar-refractivity contribution in [2.24, 2.45) is 0 Å². The Hall–Kier alpha value is -2.32. The Morgan fingerprint density at radius 2 is 1.63 bits per heavy atom. The minimum absolute atomic E-state index is 0.300. The first-order valence-electron chi connectivity index (χ1n) is 9.73. The molecular weight excluding hydrogens is 426 g/mol. The summed E-state index contributed by atoms with van der Waals surface area (Å²) in [4.78, 5) is 5.97. The number of thiazole rings is 1. The first-order chi connectivity index (χ1) is 14.3. The lowest BCUT2D eigenvalue weighted by Gasteiger charge is -2.31. The fourth-order valence-electron chi connectivity index (χ4n) is 3.94. The van der Waals surface area contributed by atoms with Crippen molar-refractivity contribution in [1.29, 1.82) is 0 Å². The Labute approximate surface area is 179 Å². The zero-order chi connectivity index (χ0) is 21.5. The smallest absolute Gasteiger partial charge is 0.187 e. The van der Waals surface area contributed by atoms with Gasteiger partial charge in [0.2, 0.25) is 0 Å². The molecule has 0 bridgehead atoms. The first-order valence-corrected chi connectivity index (χ1v) is 12.2. The van der Waals surface area contributed by atoms with Gasteiger partial charge in [-0.3, -0.25) is 0 Å². The van der Waals surface area contributed by atoms with Crippen LogP contribution < -0.4 is 4.90 Å². The maximum Gasteiger partial charge on any atom is 0.187 e. The molecule has 1 aromatic heterocycles. The Balaban J connectivity index is 1.50. The van der Waals surface area contributed by atoms with E-state index in [0.29, 0.717) is 25.9 Å². The van der Waals surface area contributed by atoms with Crippen LogP contribution in [0.5, 0.6) is 0 Å². The first kappa shape index (κ1) is 20.9. The number of aromatic nitrogens is 1. The van der Waals surface area contributed by atoms with Crippen molar-refractivity contribution in [3.05, 3.63) is 64.5 Å². The number of hydrogen-bond acceptors (Lipinski definition) is 5. The van der Waals surface area contributed by atoms with E-state index in [1.54, 1.807) is 0 Å². The van der Waals surface area contributed by atoms with Crippen LogP contribution in [0.1, 0.15) is 24.0 Å². The predicted molar refractivity (Wildman–Crippen MR) is 116 cm³/mol. The molecule has 2 heterocycles. The summed E-state index contributed by atoms with van der Waals surface area (Å²) in [5.41, 5.74) is 4.30. The van der Waals surface area contributed by atoms with Gasteiger partial charge in [0, 0.05) is 24.0 Å². The molecule has 1 fully saturated rings. The highest BCUT2D eigenvalue weighted by Gasteiger charge is 2.35. The zero-order valence-corrected chi connectivity index (χ0v) is 18.4. The normalized spacial score (nSPS) is 15.5. The number of anilines is 1. The Morgan fingerprint density at radius 3 is 2.23 bits per heavy atom. The Morgan fingerprint density at radius 1 is 1.03 bits per heavy atom. The molecule has 1 aliphatic heterocycles. The Kier molecular flexibility index (Phi) is 5.63. The highest BCUT2D eigenvalue weighted by Crippen LogP contribution is 2.33. The van der Waals surface area contributed by atoms with Crippen LogP contribution >= 0.6 is 11.3 Å². The molecule has 0 spiro atoms. The summed E-state index contributed by atoms with van der Waals surface area (Å²) in [5.74, 6) is -2.06. The van der Waals surface area contributed by atoms with E-state index in [9.17, 15) is 17.2 Å². The number of sulfone groups is 1. The zero-order valence-electron chi connectivity index (χ0n) is 16.7. The van der Waals surface area contributed by atoms with Crippen LogP contribution in [0.25, 0.3) is 11.3 Å². The minimum atomic E-state index is -4.07. The van der Waals surface area contributed by atoms with Crippen molar-refractivity contribution >= 4 is 26.3 Å². The third-order valence-electron chi connectivity index (χ3n) is 5.36. The predicted octanol–water partition coefficient (Wildman–Crippen LogP) is 5.15. The second-order valence-electron chi connectivity index (χ2n) is 7.67. The van der Waals surface area contributed by atoms with Gasteiger partial charge in [0.05, 0.1) is 10.9 Å². The molecule has 0 N–H and O–H groups in total. The molecular formula is C22H22F2N2O2S2. The number of aryl methyl sites for hydroxylation is 2. The van der Waals surface area contributed by atoms with Gasteiger partial charge in [0.25, 0.3) is 0 Å². The van der Waals surface area contributed by atoms with Gasteiger partial charge in [-0.15, -0.1) is 11.3 Å². The molecule has 2 aromatic carbocycles.